The van der Waals surface area contributed by atoms with Crippen LogP contribution in [-0.2, 0) is 25.5 Å². The van der Waals surface area contributed by atoms with Crippen LogP contribution in [0.2, 0.25) is 0 Å². The SMILES string of the molecule is COCCN1C[C@@H](CC(=O)Cc2c(C)c(-c3cnc(OC)c(C(=O)NC4CCOCC4)c3)nn2-c2ccc(F)cc2)[C@H](c2ccnc(F)c2)O1. The van der Waals surface area contributed by atoms with Crippen LogP contribution < -0.4 is 10.1 Å². The lowest BCUT2D eigenvalue weighted by atomic mass is 9.91. The number of nitrogens with one attached hydrogen (secondary N) is 1. The highest BCUT2D eigenvalue weighted by Crippen LogP contribution is 2.37. The Morgan fingerprint density at radius 3 is 2.56 bits per heavy atom. The van der Waals surface area contributed by atoms with Crippen molar-refractivity contribution in [1.29, 1.82) is 0 Å². The molecule has 5 heterocycles. The first kappa shape index (κ1) is 35.2. The van der Waals surface area contributed by atoms with E-state index < -0.39 is 17.9 Å². The van der Waals surface area contributed by atoms with Crippen molar-refractivity contribution in [3.8, 4) is 22.8 Å². The van der Waals surface area contributed by atoms with Gasteiger partial charge in [-0.3, -0.25) is 14.4 Å². The number of Topliss-reactive ketones (excluding diaryl/α,β-unsaturated/α-hetero) is 1. The van der Waals surface area contributed by atoms with Crippen molar-refractivity contribution in [1.82, 2.24) is 30.1 Å². The number of halogens is 2. The molecule has 0 radical (unpaired) electrons. The number of hydrogen-bond donors (Lipinski definition) is 1. The Morgan fingerprint density at radius 1 is 1.06 bits per heavy atom. The molecule has 2 aliphatic heterocycles. The fourth-order valence-corrected chi connectivity index (χ4v) is 6.46. The van der Waals surface area contributed by atoms with E-state index in [2.05, 4.69) is 15.3 Å². The van der Waals surface area contributed by atoms with E-state index in [4.69, 9.17) is 24.1 Å². The number of pyridine rings is 2. The Kier molecular flexibility index (Phi) is 11.2. The summed E-state index contributed by atoms with van der Waals surface area (Å²) in [5.41, 5.74) is 3.75. The van der Waals surface area contributed by atoms with Gasteiger partial charge in [-0.1, -0.05) is 0 Å². The smallest absolute Gasteiger partial charge is 0.257 e. The van der Waals surface area contributed by atoms with Crippen molar-refractivity contribution in [2.45, 2.75) is 44.8 Å². The molecule has 2 aliphatic rings. The number of amides is 1. The summed E-state index contributed by atoms with van der Waals surface area (Å²) in [5, 5.41) is 9.67. The number of hydroxylamine groups is 2. The maximum absolute atomic E-state index is 14.1. The average molecular weight is 691 g/mol. The lowest BCUT2D eigenvalue weighted by Gasteiger charge is -2.23. The second-order valence-corrected chi connectivity index (χ2v) is 12.4. The van der Waals surface area contributed by atoms with E-state index >= 15 is 0 Å². The zero-order valence-electron chi connectivity index (χ0n) is 28.2. The van der Waals surface area contributed by atoms with Gasteiger partial charge in [0.2, 0.25) is 11.8 Å². The molecule has 1 aromatic carbocycles. The third-order valence-electron chi connectivity index (χ3n) is 9.04. The first-order chi connectivity index (χ1) is 24.2. The van der Waals surface area contributed by atoms with E-state index in [1.165, 1.54) is 31.5 Å². The summed E-state index contributed by atoms with van der Waals surface area (Å²) in [6.07, 6.45) is 3.96. The van der Waals surface area contributed by atoms with Gasteiger partial charge in [-0.25, -0.2) is 19.0 Å². The minimum Gasteiger partial charge on any atom is -0.480 e. The van der Waals surface area contributed by atoms with Crippen LogP contribution in [0.4, 0.5) is 8.78 Å². The van der Waals surface area contributed by atoms with Crippen molar-refractivity contribution >= 4 is 11.7 Å². The van der Waals surface area contributed by atoms with Gasteiger partial charge in [-0.2, -0.15) is 14.6 Å². The predicted molar refractivity (Wildman–Crippen MR) is 178 cm³/mol. The van der Waals surface area contributed by atoms with Crippen LogP contribution >= 0.6 is 0 Å². The highest BCUT2D eigenvalue weighted by atomic mass is 19.1. The Morgan fingerprint density at radius 2 is 1.84 bits per heavy atom. The Hall–Kier alpha value is -4.63. The van der Waals surface area contributed by atoms with Gasteiger partial charge in [0.25, 0.3) is 5.91 Å². The third kappa shape index (κ3) is 8.05. The van der Waals surface area contributed by atoms with Crippen LogP contribution in [0.3, 0.4) is 0 Å². The minimum atomic E-state index is -0.630. The monoisotopic (exact) mass is 690 g/mol. The molecule has 0 aliphatic carbocycles. The topological polar surface area (TPSA) is 130 Å². The molecule has 1 N–H and O–H groups in total. The number of ether oxygens (including phenoxy) is 3. The molecule has 12 nitrogen and oxygen atoms in total. The zero-order chi connectivity index (χ0) is 35.2. The predicted octanol–water partition coefficient (Wildman–Crippen LogP) is 4.59. The van der Waals surface area contributed by atoms with Crippen LogP contribution in [-0.4, -0.2) is 89.7 Å². The molecule has 50 heavy (non-hydrogen) atoms. The van der Waals surface area contributed by atoms with E-state index in [9.17, 15) is 18.4 Å². The van der Waals surface area contributed by atoms with Crippen LogP contribution in [0.25, 0.3) is 16.9 Å². The Bertz CT molecular complexity index is 1810. The molecule has 2 atom stereocenters. The van der Waals surface area contributed by atoms with Crippen LogP contribution in [0.1, 0.15) is 52.5 Å². The molecular weight excluding hydrogens is 650 g/mol. The molecule has 2 saturated heterocycles. The molecule has 0 unspecified atom stereocenters. The molecule has 6 rings (SSSR count). The third-order valence-corrected chi connectivity index (χ3v) is 9.04. The van der Waals surface area contributed by atoms with Crippen molar-refractivity contribution in [3.05, 3.63) is 89.0 Å². The highest BCUT2D eigenvalue weighted by molar-refractivity contribution is 5.97. The Balaban J connectivity index is 1.30. The summed E-state index contributed by atoms with van der Waals surface area (Å²) < 4.78 is 45.7. The average Bonchev–Trinajstić information content (AvgIpc) is 3.67. The van der Waals surface area contributed by atoms with Crippen LogP contribution in [0, 0.1) is 24.6 Å². The number of aromatic nitrogens is 4. The fraction of sp³-hybridized carbons (Fsp3) is 0.417. The number of carbonyl (C=O) groups excluding carboxylic acids is 2. The van der Waals surface area contributed by atoms with E-state index in [-0.39, 0.29) is 47.9 Å². The minimum absolute atomic E-state index is 0.00286. The van der Waals surface area contributed by atoms with Gasteiger partial charge in [-0.05, 0) is 73.4 Å². The van der Waals surface area contributed by atoms with Crippen LogP contribution in [0.5, 0.6) is 5.88 Å². The lowest BCUT2D eigenvalue weighted by Crippen LogP contribution is -2.39. The number of carbonyl (C=O) groups is 2. The first-order valence-corrected chi connectivity index (χ1v) is 16.5. The van der Waals surface area contributed by atoms with E-state index in [1.807, 2.05) is 6.92 Å². The van der Waals surface area contributed by atoms with Gasteiger partial charge in [0.05, 0.1) is 30.8 Å². The van der Waals surface area contributed by atoms with Crippen LogP contribution in [0.15, 0.2) is 54.9 Å². The van der Waals surface area contributed by atoms with Crippen molar-refractivity contribution in [2.24, 2.45) is 5.92 Å². The van der Waals surface area contributed by atoms with Gasteiger partial charge in [0, 0.05) is 76.2 Å². The maximum Gasteiger partial charge on any atom is 0.257 e. The van der Waals surface area contributed by atoms with E-state index in [0.717, 1.165) is 0 Å². The van der Waals surface area contributed by atoms with Gasteiger partial charge >= 0.3 is 0 Å². The number of rotatable bonds is 13. The number of benzene rings is 1. The van der Waals surface area contributed by atoms with Crippen molar-refractivity contribution in [2.75, 3.05) is 47.1 Å². The summed E-state index contributed by atoms with van der Waals surface area (Å²) in [6.45, 7) is 4.35. The number of hydrogen-bond acceptors (Lipinski definition) is 10. The molecular formula is C36H40F2N6O6. The van der Waals surface area contributed by atoms with Gasteiger partial charge in [-0.15, -0.1) is 0 Å². The molecule has 2 fully saturated rings. The number of nitrogens with zero attached hydrogens (tertiary/aromatic N) is 5. The summed E-state index contributed by atoms with van der Waals surface area (Å²) in [6, 6.07) is 10.5. The highest BCUT2D eigenvalue weighted by Gasteiger charge is 2.37. The summed E-state index contributed by atoms with van der Waals surface area (Å²) in [5.74, 6) is -1.55. The fourth-order valence-electron chi connectivity index (χ4n) is 6.46. The number of methoxy groups -OCH3 is 2. The standard InChI is InChI=1S/C36H40F2N6O6/c1-22-31(19-29(45)16-25-21-43(12-15-47-2)50-34(25)23-8-11-39-32(38)18-23)44(28-6-4-26(37)5-7-28)42-33(22)24-17-30(36(48-3)40-20-24)35(46)41-27-9-13-49-14-10-27/h4-8,11,17-18,20,25,27,34H,9-10,12-16,19,21H2,1-3H3,(H,41,46)/t25-,34+/m1/s1. The molecule has 0 saturated carbocycles. The van der Waals surface area contributed by atoms with Crippen molar-refractivity contribution in [3.63, 3.8) is 0 Å². The van der Waals surface area contributed by atoms with Gasteiger partial charge in [0.15, 0.2) is 0 Å². The summed E-state index contributed by atoms with van der Waals surface area (Å²) >= 11 is 0. The molecule has 4 aromatic rings. The molecule has 1 amide bonds. The normalized spacial score (nSPS) is 18.3. The first-order valence-electron chi connectivity index (χ1n) is 16.5. The summed E-state index contributed by atoms with van der Waals surface area (Å²) in [7, 11) is 3.05. The van der Waals surface area contributed by atoms with E-state index in [0.29, 0.717) is 79.5 Å². The lowest BCUT2D eigenvalue weighted by molar-refractivity contribution is -0.155. The largest absolute Gasteiger partial charge is 0.480 e. The number of ketones is 1. The maximum atomic E-state index is 14.1. The molecule has 3 aromatic heterocycles. The molecule has 14 heteroatoms. The molecule has 0 spiro atoms. The van der Waals surface area contributed by atoms with Gasteiger partial charge < -0.3 is 19.5 Å². The van der Waals surface area contributed by atoms with Gasteiger partial charge in [0.1, 0.15) is 23.3 Å². The Labute approximate surface area is 288 Å². The van der Waals surface area contributed by atoms with Crippen molar-refractivity contribution < 1.29 is 37.4 Å². The molecule has 0 bridgehead atoms. The van der Waals surface area contributed by atoms with E-state index in [1.54, 1.807) is 47.3 Å². The summed E-state index contributed by atoms with van der Waals surface area (Å²) in [4.78, 5) is 41.5. The zero-order valence-corrected chi connectivity index (χ0v) is 28.2. The quantitative estimate of drug-likeness (QED) is 0.199. The second kappa shape index (κ2) is 15.9. The molecule has 264 valence electrons. The second-order valence-electron chi connectivity index (χ2n) is 12.4.